The van der Waals surface area contributed by atoms with Gasteiger partial charge in [-0.1, -0.05) is 27.2 Å². The van der Waals surface area contributed by atoms with Gasteiger partial charge in [-0.05, 0) is 33.2 Å². The molecule has 0 saturated heterocycles. The number of hydrogen-bond donors (Lipinski definition) is 1. The third-order valence-electron chi connectivity index (χ3n) is 3.01. The zero-order chi connectivity index (χ0) is 11.2. The van der Waals surface area contributed by atoms with E-state index in [-0.39, 0.29) is 5.54 Å². The quantitative estimate of drug-likeness (QED) is 0.684. The second-order valence-electron chi connectivity index (χ2n) is 4.72. The van der Waals surface area contributed by atoms with Crippen molar-refractivity contribution in [1.82, 2.24) is 4.90 Å². The topological polar surface area (TPSA) is 29.3 Å². The number of rotatable bonds is 7. The largest absolute Gasteiger partial charge is 0.324 e. The van der Waals surface area contributed by atoms with Crippen LogP contribution in [-0.2, 0) is 0 Å². The monoisotopic (exact) mass is 200 g/mol. The molecule has 14 heavy (non-hydrogen) atoms. The van der Waals surface area contributed by atoms with Crippen LogP contribution in [0.2, 0.25) is 0 Å². The van der Waals surface area contributed by atoms with Crippen molar-refractivity contribution >= 4 is 0 Å². The van der Waals surface area contributed by atoms with E-state index >= 15 is 0 Å². The molecule has 0 aliphatic rings. The molecule has 0 rings (SSSR count). The fourth-order valence-corrected chi connectivity index (χ4v) is 1.95. The van der Waals surface area contributed by atoms with Crippen LogP contribution in [0.15, 0.2) is 0 Å². The highest BCUT2D eigenvalue weighted by atomic mass is 15.2. The van der Waals surface area contributed by atoms with Crippen LogP contribution in [0.5, 0.6) is 0 Å². The van der Waals surface area contributed by atoms with Crippen LogP contribution in [0.4, 0.5) is 0 Å². The summed E-state index contributed by atoms with van der Waals surface area (Å²) in [5.41, 5.74) is 6.23. The Bertz CT molecular complexity index is 143. The van der Waals surface area contributed by atoms with Crippen LogP contribution >= 0.6 is 0 Å². The molecule has 0 heterocycles. The molecule has 0 radical (unpaired) electrons. The standard InChI is InChI=1S/C12H28N2/c1-6-9-12(5,13)10-14(8-3)11(4)7-2/h11H,6-10,13H2,1-5H3. The zero-order valence-electron chi connectivity index (χ0n) is 10.6. The van der Waals surface area contributed by atoms with Gasteiger partial charge < -0.3 is 5.73 Å². The van der Waals surface area contributed by atoms with Crippen molar-refractivity contribution in [2.75, 3.05) is 13.1 Å². The molecule has 0 amide bonds. The first-order valence-corrected chi connectivity index (χ1v) is 5.99. The van der Waals surface area contributed by atoms with Crippen LogP contribution in [0.1, 0.15) is 53.9 Å². The molecule has 2 heteroatoms. The number of nitrogens with zero attached hydrogens (tertiary/aromatic N) is 1. The molecule has 0 aromatic rings. The van der Waals surface area contributed by atoms with Gasteiger partial charge in [0.1, 0.15) is 0 Å². The molecule has 2 N–H and O–H groups in total. The predicted octanol–water partition coefficient (Wildman–Crippen LogP) is 2.62. The van der Waals surface area contributed by atoms with Gasteiger partial charge >= 0.3 is 0 Å². The van der Waals surface area contributed by atoms with E-state index in [1.54, 1.807) is 0 Å². The Morgan fingerprint density at radius 2 is 1.86 bits per heavy atom. The average Bonchev–Trinajstić information content (AvgIpc) is 2.13. The number of hydrogen-bond acceptors (Lipinski definition) is 2. The lowest BCUT2D eigenvalue weighted by molar-refractivity contribution is 0.166. The highest BCUT2D eigenvalue weighted by Crippen LogP contribution is 2.13. The Balaban J connectivity index is 4.15. The van der Waals surface area contributed by atoms with E-state index in [1.807, 2.05) is 0 Å². The molecule has 0 aliphatic carbocycles. The first-order chi connectivity index (χ1) is 6.46. The van der Waals surface area contributed by atoms with Gasteiger partial charge in [-0.3, -0.25) is 4.90 Å². The average molecular weight is 200 g/mol. The third-order valence-corrected chi connectivity index (χ3v) is 3.01. The minimum absolute atomic E-state index is 0.0197. The summed E-state index contributed by atoms with van der Waals surface area (Å²) < 4.78 is 0. The highest BCUT2D eigenvalue weighted by molar-refractivity contribution is 4.83. The molecule has 2 atom stereocenters. The molecule has 0 bridgehead atoms. The Kier molecular flexibility index (Phi) is 6.38. The van der Waals surface area contributed by atoms with Crippen molar-refractivity contribution in [3.63, 3.8) is 0 Å². The van der Waals surface area contributed by atoms with Gasteiger partial charge in [-0.2, -0.15) is 0 Å². The summed E-state index contributed by atoms with van der Waals surface area (Å²) in [6, 6.07) is 0.653. The fraction of sp³-hybridized carbons (Fsp3) is 1.00. The molecule has 2 unspecified atom stereocenters. The molecule has 0 aromatic carbocycles. The van der Waals surface area contributed by atoms with Crippen molar-refractivity contribution in [2.45, 2.75) is 65.5 Å². The smallest absolute Gasteiger partial charge is 0.0254 e. The van der Waals surface area contributed by atoms with Gasteiger partial charge in [0, 0.05) is 18.1 Å². The third kappa shape index (κ3) is 4.97. The van der Waals surface area contributed by atoms with Crippen LogP contribution in [-0.4, -0.2) is 29.6 Å². The van der Waals surface area contributed by atoms with Crippen LogP contribution in [0.3, 0.4) is 0 Å². The zero-order valence-corrected chi connectivity index (χ0v) is 10.6. The molecule has 0 fully saturated rings. The number of likely N-dealkylation sites (N-methyl/N-ethyl adjacent to an activating group) is 1. The summed E-state index contributed by atoms with van der Waals surface area (Å²) in [5.74, 6) is 0. The minimum Gasteiger partial charge on any atom is -0.324 e. The van der Waals surface area contributed by atoms with Crippen molar-refractivity contribution in [1.29, 1.82) is 0 Å². The van der Waals surface area contributed by atoms with E-state index in [4.69, 9.17) is 5.73 Å². The normalized spacial score (nSPS) is 18.2. The van der Waals surface area contributed by atoms with Crippen molar-refractivity contribution < 1.29 is 0 Å². The first-order valence-electron chi connectivity index (χ1n) is 5.99. The lowest BCUT2D eigenvalue weighted by Gasteiger charge is -2.35. The highest BCUT2D eigenvalue weighted by Gasteiger charge is 2.22. The van der Waals surface area contributed by atoms with E-state index in [0.29, 0.717) is 6.04 Å². The van der Waals surface area contributed by atoms with E-state index in [9.17, 15) is 0 Å². The second kappa shape index (κ2) is 6.41. The van der Waals surface area contributed by atoms with Crippen molar-refractivity contribution in [2.24, 2.45) is 5.73 Å². The van der Waals surface area contributed by atoms with Gasteiger partial charge in [0.25, 0.3) is 0 Å². The second-order valence-corrected chi connectivity index (χ2v) is 4.72. The van der Waals surface area contributed by atoms with E-state index in [0.717, 1.165) is 19.5 Å². The Morgan fingerprint density at radius 3 is 2.21 bits per heavy atom. The van der Waals surface area contributed by atoms with Crippen LogP contribution in [0.25, 0.3) is 0 Å². The fourth-order valence-electron chi connectivity index (χ4n) is 1.95. The maximum atomic E-state index is 6.25. The molecule has 0 spiro atoms. The van der Waals surface area contributed by atoms with Crippen LogP contribution in [0, 0.1) is 0 Å². The summed E-state index contributed by atoms with van der Waals surface area (Å²) >= 11 is 0. The SMILES string of the molecule is CCCC(C)(N)CN(CC)C(C)CC. The summed E-state index contributed by atoms with van der Waals surface area (Å²) in [6.45, 7) is 13.2. The first kappa shape index (κ1) is 13.9. The summed E-state index contributed by atoms with van der Waals surface area (Å²) in [4.78, 5) is 2.48. The van der Waals surface area contributed by atoms with Gasteiger partial charge in [0.15, 0.2) is 0 Å². The molecule has 0 aliphatic heterocycles. The minimum atomic E-state index is -0.0197. The molecule has 86 valence electrons. The molecular weight excluding hydrogens is 172 g/mol. The molecule has 0 aromatic heterocycles. The molecule has 2 nitrogen and oxygen atoms in total. The maximum Gasteiger partial charge on any atom is 0.0254 e. The Morgan fingerprint density at radius 1 is 1.29 bits per heavy atom. The van der Waals surface area contributed by atoms with E-state index in [2.05, 4.69) is 39.5 Å². The van der Waals surface area contributed by atoms with Gasteiger partial charge in [0.05, 0.1) is 0 Å². The number of nitrogens with two attached hydrogens (primary N) is 1. The Labute approximate surface area is 89.9 Å². The molecular formula is C12H28N2. The van der Waals surface area contributed by atoms with Gasteiger partial charge in [-0.25, -0.2) is 0 Å². The predicted molar refractivity (Wildman–Crippen MR) is 64.5 cm³/mol. The van der Waals surface area contributed by atoms with E-state index < -0.39 is 0 Å². The lowest BCUT2D eigenvalue weighted by atomic mass is 9.96. The van der Waals surface area contributed by atoms with Crippen LogP contribution < -0.4 is 5.73 Å². The van der Waals surface area contributed by atoms with Crippen molar-refractivity contribution in [3.05, 3.63) is 0 Å². The lowest BCUT2D eigenvalue weighted by Crippen LogP contribution is -2.50. The maximum absolute atomic E-state index is 6.25. The van der Waals surface area contributed by atoms with Gasteiger partial charge in [-0.15, -0.1) is 0 Å². The molecule has 0 saturated carbocycles. The van der Waals surface area contributed by atoms with E-state index in [1.165, 1.54) is 12.8 Å². The summed E-state index contributed by atoms with van der Waals surface area (Å²) in [5, 5.41) is 0. The summed E-state index contributed by atoms with van der Waals surface area (Å²) in [6.07, 6.45) is 3.49. The van der Waals surface area contributed by atoms with Gasteiger partial charge in [0.2, 0.25) is 0 Å². The Hall–Kier alpha value is -0.0800. The van der Waals surface area contributed by atoms with Crippen molar-refractivity contribution in [3.8, 4) is 0 Å². The summed E-state index contributed by atoms with van der Waals surface area (Å²) in [7, 11) is 0.